The van der Waals surface area contributed by atoms with Crippen molar-refractivity contribution in [3.05, 3.63) is 0 Å². The monoisotopic (exact) mass is 224 g/mol. The van der Waals surface area contributed by atoms with Gasteiger partial charge in [-0.25, -0.2) is 8.78 Å². The van der Waals surface area contributed by atoms with Crippen LogP contribution in [0.25, 0.3) is 0 Å². The van der Waals surface area contributed by atoms with Crippen LogP contribution in [0.2, 0.25) is 0 Å². The molecular formula is C5H8F4O3S. The minimum absolute atomic E-state index is 0.505. The van der Waals surface area contributed by atoms with E-state index in [4.69, 9.17) is 0 Å². The van der Waals surface area contributed by atoms with E-state index in [0.29, 0.717) is 13.2 Å². The molecule has 1 unspecified atom stereocenters. The first-order valence-electron chi connectivity index (χ1n) is 3.11. The van der Waals surface area contributed by atoms with Crippen molar-refractivity contribution in [2.24, 2.45) is 0 Å². The van der Waals surface area contributed by atoms with Gasteiger partial charge in [-0.2, -0.15) is 17.2 Å². The van der Waals surface area contributed by atoms with E-state index < -0.39 is 28.6 Å². The van der Waals surface area contributed by atoms with Crippen LogP contribution in [0.3, 0.4) is 0 Å². The molecule has 0 heterocycles. The van der Waals surface area contributed by atoms with Crippen LogP contribution in [-0.2, 0) is 14.3 Å². The van der Waals surface area contributed by atoms with Crippen LogP contribution in [0.5, 0.6) is 0 Å². The Morgan fingerprint density at radius 1 is 1.31 bits per heavy atom. The molecule has 0 aliphatic carbocycles. The lowest BCUT2D eigenvalue weighted by atomic mass is 10.2. The molecule has 0 aromatic rings. The maximum atomic E-state index is 12.3. The minimum atomic E-state index is -4.47. The number of hydrogen-bond acceptors (Lipinski definition) is 3. The van der Waals surface area contributed by atoms with Crippen LogP contribution in [0.4, 0.5) is 17.6 Å². The van der Waals surface area contributed by atoms with Crippen molar-refractivity contribution in [3.63, 3.8) is 0 Å². The Bertz CT molecular complexity index is 261. The largest absolute Gasteiger partial charge is 0.334 e. The molecule has 0 radical (unpaired) electrons. The van der Waals surface area contributed by atoms with Gasteiger partial charge >= 0.3 is 12.3 Å². The van der Waals surface area contributed by atoms with Crippen molar-refractivity contribution >= 4 is 10.1 Å². The Labute approximate surface area is 72.8 Å². The normalized spacial score (nSPS) is 16.2. The average molecular weight is 224 g/mol. The Kier molecular flexibility index (Phi) is 3.68. The number of halogens is 4. The van der Waals surface area contributed by atoms with Crippen LogP contribution in [0, 0.1) is 0 Å². The number of hydrogen-bond donors (Lipinski definition) is 0. The van der Waals surface area contributed by atoms with Gasteiger partial charge in [0.15, 0.2) is 0 Å². The molecule has 0 aromatic carbocycles. The topological polar surface area (TPSA) is 43.4 Å². The van der Waals surface area contributed by atoms with Crippen molar-refractivity contribution in [2.45, 2.75) is 25.4 Å². The maximum absolute atomic E-state index is 12.3. The molecule has 1 atom stereocenters. The first kappa shape index (κ1) is 12.6. The molecule has 0 aliphatic rings. The van der Waals surface area contributed by atoms with Gasteiger partial charge in [-0.15, -0.1) is 0 Å². The van der Waals surface area contributed by atoms with Crippen molar-refractivity contribution in [2.75, 3.05) is 6.26 Å². The summed E-state index contributed by atoms with van der Waals surface area (Å²) in [6.45, 7) is 0.563. The van der Waals surface area contributed by atoms with Crippen LogP contribution in [0.1, 0.15) is 6.92 Å². The third-order valence-electron chi connectivity index (χ3n) is 1.15. The molecule has 0 amide bonds. The standard InChI is InChI=1S/C5H8F4O3S/c1-3(12-13(2,10)11)5(8,9)4(6)7/h3-4H,1-2H3. The van der Waals surface area contributed by atoms with E-state index in [-0.39, 0.29) is 0 Å². The summed E-state index contributed by atoms with van der Waals surface area (Å²) in [5.74, 6) is -4.47. The fourth-order valence-corrected chi connectivity index (χ4v) is 1.16. The molecule has 0 spiro atoms. The third kappa shape index (κ3) is 3.90. The van der Waals surface area contributed by atoms with Gasteiger partial charge in [0.25, 0.3) is 10.1 Å². The van der Waals surface area contributed by atoms with E-state index in [1.807, 2.05) is 0 Å². The molecule has 0 saturated carbocycles. The molecule has 0 saturated heterocycles. The zero-order valence-electron chi connectivity index (χ0n) is 6.80. The van der Waals surface area contributed by atoms with E-state index >= 15 is 0 Å². The molecular weight excluding hydrogens is 216 g/mol. The second-order valence-electron chi connectivity index (χ2n) is 2.42. The first-order chi connectivity index (χ1) is 5.57. The summed E-state index contributed by atoms with van der Waals surface area (Å²) in [6.07, 6.45) is -5.82. The van der Waals surface area contributed by atoms with Gasteiger partial charge in [-0.3, -0.25) is 4.18 Å². The molecule has 0 N–H and O–H groups in total. The summed E-state index contributed by atoms with van der Waals surface area (Å²) in [5, 5.41) is 0. The van der Waals surface area contributed by atoms with E-state index in [1.165, 1.54) is 0 Å². The van der Waals surface area contributed by atoms with Crippen molar-refractivity contribution < 1.29 is 30.2 Å². The molecule has 0 rings (SSSR count). The second-order valence-corrected chi connectivity index (χ2v) is 4.02. The van der Waals surface area contributed by atoms with Gasteiger partial charge in [0, 0.05) is 0 Å². The molecule has 0 aromatic heterocycles. The maximum Gasteiger partial charge on any atom is 0.334 e. The van der Waals surface area contributed by atoms with Crippen LogP contribution >= 0.6 is 0 Å². The summed E-state index contributed by atoms with van der Waals surface area (Å²) in [6, 6.07) is 0. The lowest BCUT2D eigenvalue weighted by Gasteiger charge is -2.21. The zero-order valence-corrected chi connectivity index (χ0v) is 7.62. The van der Waals surface area contributed by atoms with Gasteiger partial charge < -0.3 is 0 Å². The van der Waals surface area contributed by atoms with Crippen molar-refractivity contribution in [1.29, 1.82) is 0 Å². The van der Waals surface area contributed by atoms with Gasteiger partial charge in [0.1, 0.15) is 6.10 Å². The van der Waals surface area contributed by atoms with E-state index in [0.717, 1.165) is 0 Å². The van der Waals surface area contributed by atoms with Crippen LogP contribution < -0.4 is 0 Å². The smallest absolute Gasteiger partial charge is 0.261 e. The van der Waals surface area contributed by atoms with Gasteiger partial charge in [-0.05, 0) is 6.92 Å². The minimum Gasteiger partial charge on any atom is -0.261 e. The summed E-state index contributed by atoms with van der Waals surface area (Å²) >= 11 is 0. The highest BCUT2D eigenvalue weighted by Gasteiger charge is 2.48. The van der Waals surface area contributed by atoms with Crippen LogP contribution in [-0.4, -0.2) is 33.1 Å². The molecule has 0 bridgehead atoms. The second kappa shape index (κ2) is 3.79. The predicted molar refractivity (Wildman–Crippen MR) is 36.3 cm³/mol. The summed E-state index contributed by atoms with van der Waals surface area (Å²) in [4.78, 5) is 0. The lowest BCUT2D eigenvalue weighted by Crippen LogP contribution is -2.41. The average Bonchev–Trinajstić information content (AvgIpc) is 1.82. The predicted octanol–water partition coefficient (Wildman–Crippen LogP) is 1.25. The third-order valence-corrected chi connectivity index (χ3v) is 1.79. The quantitative estimate of drug-likeness (QED) is 0.533. The molecule has 8 heteroatoms. The summed E-state index contributed by atoms with van der Waals surface area (Å²) in [7, 11) is -4.15. The zero-order chi connectivity index (χ0) is 10.9. The summed E-state index contributed by atoms with van der Waals surface area (Å²) < 4.78 is 72.2. The Balaban J connectivity index is 4.52. The van der Waals surface area contributed by atoms with E-state index in [2.05, 4.69) is 4.18 Å². The van der Waals surface area contributed by atoms with Gasteiger partial charge in [0.05, 0.1) is 6.26 Å². The number of rotatable bonds is 4. The van der Waals surface area contributed by atoms with Crippen LogP contribution in [0.15, 0.2) is 0 Å². The van der Waals surface area contributed by atoms with Gasteiger partial charge in [0.2, 0.25) is 0 Å². The van der Waals surface area contributed by atoms with Gasteiger partial charge in [-0.1, -0.05) is 0 Å². The highest BCUT2D eigenvalue weighted by molar-refractivity contribution is 7.86. The first-order valence-corrected chi connectivity index (χ1v) is 4.93. The molecule has 0 aliphatic heterocycles. The number of alkyl halides is 4. The SMILES string of the molecule is CC(OS(C)(=O)=O)C(F)(F)C(F)F. The summed E-state index contributed by atoms with van der Waals surface area (Å²) in [5.41, 5.74) is 0. The Morgan fingerprint density at radius 3 is 1.92 bits per heavy atom. The highest BCUT2D eigenvalue weighted by Crippen LogP contribution is 2.29. The fraction of sp³-hybridized carbons (Fsp3) is 1.00. The lowest BCUT2D eigenvalue weighted by molar-refractivity contribution is -0.177. The van der Waals surface area contributed by atoms with E-state index in [9.17, 15) is 26.0 Å². The Morgan fingerprint density at radius 2 is 1.69 bits per heavy atom. The molecule has 0 fully saturated rings. The van der Waals surface area contributed by atoms with E-state index in [1.54, 1.807) is 0 Å². The van der Waals surface area contributed by atoms with Crippen molar-refractivity contribution in [1.82, 2.24) is 0 Å². The Hall–Kier alpha value is -0.370. The fourth-order valence-electron chi connectivity index (χ4n) is 0.504. The molecule has 80 valence electrons. The molecule has 3 nitrogen and oxygen atoms in total. The molecule has 13 heavy (non-hydrogen) atoms. The van der Waals surface area contributed by atoms with Crippen molar-refractivity contribution in [3.8, 4) is 0 Å². The highest BCUT2D eigenvalue weighted by atomic mass is 32.2.